The van der Waals surface area contributed by atoms with Crippen LogP contribution in [-0.4, -0.2) is 43.9 Å². The van der Waals surface area contributed by atoms with Gasteiger partial charge in [0, 0.05) is 19.0 Å². The summed E-state index contributed by atoms with van der Waals surface area (Å²) in [6.45, 7) is 4.85. The quantitative estimate of drug-likeness (QED) is 0.476. The Morgan fingerprint density at radius 1 is 1.05 bits per heavy atom. The van der Waals surface area contributed by atoms with Crippen LogP contribution in [-0.2, 0) is 12.8 Å². The van der Waals surface area contributed by atoms with Gasteiger partial charge < -0.3 is 5.11 Å². The average Bonchev–Trinajstić information content (AvgIpc) is 2.93. The summed E-state index contributed by atoms with van der Waals surface area (Å²) in [5.41, 5.74) is 1.91. The zero-order chi connectivity index (χ0) is 27.0. The van der Waals surface area contributed by atoms with E-state index < -0.39 is 40.8 Å². The van der Waals surface area contributed by atoms with Gasteiger partial charge in [-0.2, -0.15) is 10.1 Å². The second-order valence-corrected chi connectivity index (χ2v) is 9.93. The number of hydrogen-bond acceptors (Lipinski definition) is 5. The number of amides is 1. The Morgan fingerprint density at radius 3 is 2.58 bits per heavy atom. The van der Waals surface area contributed by atoms with E-state index in [1.165, 1.54) is 4.68 Å². The Hall–Kier alpha value is -3.59. The molecular weight excluding hydrogens is 490 g/mol. The molecule has 3 aromatic rings. The molecule has 7 nitrogen and oxygen atoms in total. The number of unbranched alkanes of at least 4 members (excludes halogenated alkanes) is 1. The van der Waals surface area contributed by atoms with Crippen molar-refractivity contribution in [1.29, 1.82) is 0 Å². The van der Waals surface area contributed by atoms with Gasteiger partial charge in [0.15, 0.2) is 23.1 Å². The SMILES string of the molecule is CCCCc1ccccc1C(c1ccc(F)c(F)c1CC)C1N2CCCCN2C(=O)c2c(O)c(=O)cnn21. The van der Waals surface area contributed by atoms with Gasteiger partial charge in [-0.15, -0.1) is 0 Å². The van der Waals surface area contributed by atoms with E-state index in [0.29, 0.717) is 18.7 Å². The van der Waals surface area contributed by atoms with Crippen molar-refractivity contribution in [2.24, 2.45) is 0 Å². The lowest BCUT2D eigenvalue weighted by atomic mass is 9.81. The first kappa shape index (κ1) is 26.0. The standard InChI is InChI=1S/C29H32F2N4O3/c1-3-5-10-18-11-6-7-12-20(18)24(21-13-14-22(30)25(31)19(21)4-2)28-33-15-8-9-16-34(33)29(38)26-27(37)23(36)17-32-35(26)28/h6-7,11-14,17,24,28,37H,3-5,8-10,15-16H2,1-2H3. The topological polar surface area (TPSA) is 78.7 Å². The largest absolute Gasteiger partial charge is 0.502 e. The molecule has 9 heteroatoms. The number of hydrogen-bond donors (Lipinski definition) is 1. The predicted molar refractivity (Wildman–Crippen MR) is 139 cm³/mol. The highest BCUT2D eigenvalue weighted by Crippen LogP contribution is 2.45. The minimum atomic E-state index is -0.915. The highest BCUT2D eigenvalue weighted by molar-refractivity contribution is 5.95. The molecule has 2 atom stereocenters. The number of nitrogens with zero attached hydrogens (tertiary/aromatic N) is 4. The Morgan fingerprint density at radius 2 is 1.82 bits per heavy atom. The highest BCUT2D eigenvalue weighted by atomic mass is 19.2. The summed E-state index contributed by atoms with van der Waals surface area (Å²) >= 11 is 0. The summed E-state index contributed by atoms with van der Waals surface area (Å²) in [7, 11) is 0. The molecule has 2 aliphatic heterocycles. The maximum absolute atomic E-state index is 15.3. The van der Waals surface area contributed by atoms with Gasteiger partial charge in [0.2, 0.25) is 5.43 Å². The number of aromatic hydroxyl groups is 1. The van der Waals surface area contributed by atoms with Crippen molar-refractivity contribution in [1.82, 2.24) is 19.8 Å². The number of aromatic nitrogens is 2. The van der Waals surface area contributed by atoms with Gasteiger partial charge in [0.1, 0.15) is 6.17 Å². The molecule has 0 saturated carbocycles. The second kappa shape index (κ2) is 10.6. The monoisotopic (exact) mass is 522 g/mol. The van der Waals surface area contributed by atoms with E-state index in [2.05, 4.69) is 12.0 Å². The fraction of sp³-hybridized carbons (Fsp3) is 0.414. The lowest BCUT2D eigenvalue weighted by Gasteiger charge is -2.50. The zero-order valence-corrected chi connectivity index (χ0v) is 21.7. The van der Waals surface area contributed by atoms with E-state index in [-0.39, 0.29) is 17.7 Å². The lowest BCUT2D eigenvalue weighted by molar-refractivity contribution is -0.104. The molecule has 38 heavy (non-hydrogen) atoms. The van der Waals surface area contributed by atoms with Gasteiger partial charge in [0.25, 0.3) is 5.91 Å². The van der Waals surface area contributed by atoms with Crippen molar-refractivity contribution in [3.8, 4) is 5.75 Å². The molecule has 1 aromatic heterocycles. The maximum Gasteiger partial charge on any atom is 0.290 e. The predicted octanol–water partition coefficient (Wildman–Crippen LogP) is 4.93. The summed E-state index contributed by atoms with van der Waals surface area (Å²) < 4.78 is 31.1. The molecule has 0 radical (unpaired) electrons. The molecular formula is C29H32F2N4O3. The Bertz CT molecular complexity index is 1420. The van der Waals surface area contributed by atoms with Crippen LogP contribution in [0.5, 0.6) is 5.75 Å². The van der Waals surface area contributed by atoms with Crippen LogP contribution in [0.3, 0.4) is 0 Å². The van der Waals surface area contributed by atoms with Crippen molar-refractivity contribution in [3.63, 3.8) is 0 Å². The van der Waals surface area contributed by atoms with Gasteiger partial charge in [-0.25, -0.2) is 13.5 Å². The molecule has 2 aromatic carbocycles. The number of aryl methyl sites for hydroxylation is 1. The van der Waals surface area contributed by atoms with Crippen molar-refractivity contribution in [2.45, 2.75) is 64.5 Å². The van der Waals surface area contributed by atoms with Crippen LogP contribution < -0.4 is 5.43 Å². The molecule has 200 valence electrons. The molecule has 0 spiro atoms. The van der Waals surface area contributed by atoms with Crippen LogP contribution in [0.1, 0.15) is 84.4 Å². The van der Waals surface area contributed by atoms with Crippen LogP contribution in [0.4, 0.5) is 8.78 Å². The molecule has 3 heterocycles. The van der Waals surface area contributed by atoms with Crippen LogP contribution in [0, 0.1) is 11.6 Å². The summed E-state index contributed by atoms with van der Waals surface area (Å²) in [5.74, 6) is -3.53. The molecule has 1 N–H and O–H groups in total. The Labute approximate surface area is 220 Å². The summed E-state index contributed by atoms with van der Waals surface area (Å²) in [4.78, 5) is 25.9. The normalized spacial score (nSPS) is 18.3. The van der Waals surface area contributed by atoms with E-state index in [1.54, 1.807) is 18.0 Å². The van der Waals surface area contributed by atoms with Crippen LogP contribution in [0.25, 0.3) is 0 Å². The fourth-order valence-electron chi connectivity index (χ4n) is 5.88. The first-order chi connectivity index (χ1) is 18.4. The molecule has 0 bridgehead atoms. The van der Waals surface area contributed by atoms with Crippen molar-refractivity contribution in [2.75, 3.05) is 13.1 Å². The number of carbonyl (C=O) groups excluding carboxylic acids is 1. The smallest absolute Gasteiger partial charge is 0.290 e. The second-order valence-electron chi connectivity index (χ2n) is 9.93. The number of hydrazine groups is 1. The van der Waals surface area contributed by atoms with E-state index in [0.717, 1.165) is 55.5 Å². The van der Waals surface area contributed by atoms with Gasteiger partial charge in [-0.1, -0.05) is 50.6 Å². The molecule has 1 amide bonds. The summed E-state index contributed by atoms with van der Waals surface area (Å²) in [5, 5.41) is 18.6. The summed E-state index contributed by atoms with van der Waals surface area (Å²) in [6.07, 6.45) is 4.88. The molecule has 1 fully saturated rings. The Balaban J connectivity index is 1.84. The van der Waals surface area contributed by atoms with E-state index >= 15 is 4.39 Å². The zero-order valence-electron chi connectivity index (χ0n) is 21.7. The van der Waals surface area contributed by atoms with Crippen molar-refractivity contribution in [3.05, 3.63) is 92.4 Å². The molecule has 5 rings (SSSR count). The summed E-state index contributed by atoms with van der Waals surface area (Å²) in [6, 6.07) is 10.7. The first-order valence-corrected chi connectivity index (χ1v) is 13.3. The molecule has 1 saturated heterocycles. The van der Waals surface area contributed by atoms with E-state index in [4.69, 9.17) is 0 Å². The van der Waals surface area contributed by atoms with Crippen LogP contribution >= 0.6 is 0 Å². The highest BCUT2D eigenvalue weighted by Gasteiger charge is 2.46. The third-order valence-electron chi connectivity index (χ3n) is 7.71. The fourth-order valence-corrected chi connectivity index (χ4v) is 5.88. The number of rotatable bonds is 7. The molecule has 2 aliphatic rings. The number of carbonyl (C=O) groups is 1. The molecule has 0 aliphatic carbocycles. The van der Waals surface area contributed by atoms with Crippen molar-refractivity contribution >= 4 is 5.91 Å². The number of fused-ring (bicyclic) bond motifs is 2. The van der Waals surface area contributed by atoms with Crippen LogP contribution in [0.2, 0.25) is 0 Å². The van der Waals surface area contributed by atoms with E-state index in [1.807, 2.05) is 29.3 Å². The maximum atomic E-state index is 15.3. The Kier molecular flexibility index (Phi) is 7.29. The minimum Gasteiger partial charge on any atom is -0.502 e. The van der Waals surface area contributed by atoms with Gasteiger partial charge in [0.05, 0.1) is 6.20 Å². The van der Waals surface area contributed by atoms with E-state index in [9.17, 15) is 19.1 Å². The number of benzene rings is 2. The van der Waals surface area contributed by atoms with Crippen molar-refractivity contribution < 1.29 is 18.7 Å². The van der Waals surface area contributed by atoms with Crippen LogP contribution in [0.15, 0.2) is 47.4 Å². The lowest BCUT2D eigenvalue weighted by Crippen LogP contribution is -2.59. The first-order valence-electron chi connectivity index (χ1n) is 13.3. The third-order valence-corrected chi connectivity index (χ3v) is 7.71. The van der Waals surface area contributed by atoms with Gasteiger partial charge >= 0.3 is 0 Å². The average molecular weight is 523 g/mol. The van der Waals surface area contributed by atoms with Gasteiger partial charge in [-0.05, 0) is 60.4 Å². The number of halogens is 2. The third kappa shape index (κ3) is 4.28. The van der Waals surface area contributed by atoms with Gasteiger partial charge in [-0.3, -0.25) is 14.6 Å². The minimum absolute atomic E-state index is 0.183. The molecule has 2 unspecified atom stereocenters.